The van der Waals surface area contributed by atoms with Gasteiger partial charge in [-0.3, -0.25) is 13.9 Å². The van der Waals surface area contributed by atoms with Crippen molar-refractivity contribution in [1.29, 1.82) is 0 Å². The van der Waals surface area contributed by atoms with Gasteiger partial charge in [0.15, 0.2) is 5.65 Å². The highest BCUT2D eigenvalue weighted by Gasteiger charge is 2.13. The van der Waals surface area contributed by atoms with Crippen LogP contribution in [-0.4, -0.2) is 30.3 Å². The Balaban J connectivity index is 2.34. The summed E-state index contributed by atoms with van der Waals surface area (Å²) in [6.45, 7) is 3.83. The van der Waals surface area contributed by atoms with Gasteiger partial charge in [-0.05, 0) is 33.1 Å². The highest BCUT2D eigenvalue weighted by atomic mass is 16.3. The molecule has 0 aliphatic carbocycles. The zero-order valence-electron chi connectivity index (χ0n) is 12.0. The molecule has 0 bridgehead atoms. The van der Waals surface area contributed by atoms with E-state index in [2.05, 4.69) is 9.97 Å². The summed E-state index contributed by atoms with van der Waals surface area (Å²) in [5.41, 5.74) is 0.0599. The first-order valence-corrected chi connectivity index (χ1v) is 6.76. The van der Waals surface area contributed by atoms with Crippen LogP contribution in [0.25, 0.3) is 11.2 Å². The van der Waals surface area contributed by atoms with E-state index in [1.807, 2.05) is 0 Å². The molecule has 7 nitrogen and oxygen atoms in total. The molecule has 0 aliphatic rings. The van der Waals surface area contributed by atoms with Crippen molar-refractivity contribution in [2.24, 2.45) is 7.05 Å². The molecule has 0 amide bonds. The molecule has 2 aromatic heterocycles. The largest absolute Gasteiger partial charge is 0.393 e. The number of unbranched alkanes of at least 4 members (excludes halogenated alkanes) is 1. The Hall–Kier alpha value is -1.89. The van der Waals surface area contributed by atoms with Gasteiger partial charge in [0.25, 0.3) is 5.56 Å². The standard InChI is InChI=1S/C13H20N4O3/c1-8(18)6-4-5-7-17-12(19)10-11(15-9(2)14-10)16(3)13(17)20/h8,18H,4-7H2,1-3H3,(H,14,15)/t8-/m0/s1. The number of aliphatic hydroxyl groups is 1. The molecule has 2 heterocycles. The molecule has 0 saturated heterocycles. The van der Waals surface area contributed by atoms with Gasteiger partial charge in [-0.15, -0.1) is 0 Å². The lowest BCUT2D eigenvalue weighted by Crippen LogP contribution is -2.39. The van der Waals surface area contributed by atoms with Crippen LogP contribution in [0, 0.1) is 6.92 Å². The highest BCUT2D eigenvalue weighted by molar-refractivity contribution is 5.69. The van der Waals surface area contributed by atoms with Crippen LogP contribution in [0.3, 0.4) is 0 Å². The fourth-order valence-corrected chi connectivity index (χ4v) is 2.27. The molecule has 2 aromatic rings. The van der Waals surface area contributed by atoms with E-state index in [0.717, 1.165) is 6.42 Å². The zero-order valence-corrected chi connectivity index (χ0v) is 12.0. The first kappa shape index (κ1) is 14.5. The second kappa shape index (κ2) is 5.62. The molecule has 0 saturated carbocycles. The van der Waals surface area contributed by atoms with E-state index >= 15 is 0 Å². The molecule has 0 unspecified atom stereocenters. The Morgan fingerprint density at radius 2 is 2.05 bits per heavy atom. The van der Waals surface area contributed by atoms with Crippen molar-refractivity contribution in [2.75, 3.05) is 0 Å². The quantitative estimate of drug-likeness (QED) is 0.769. The Kier molecular flexibility index (Phi) is 4.08. The van der Waals surface area contributed by atoms with Crippen LogP contribution >= 0.6 is 0 Å². The van der Waals surface area contributed by atoms with Gasteiger partial charge in [0.1, 0.15) is 11.3 Å². The maximum atomic E-state index is 12.3. The second-order valence-electron chi connectivity index (χ2n) is 5.16. The molecule has 20 heavy (non-hydrogen) atoms. The van der Waals surface area contributed by atoms with Crippen LogP contribution in [0.15, 0.2) is 9.59 Å². The lowest BCUT2D eigenvalue weighted by Gasteiger charge is -2.08. The average molecular weight is 280 g/mol. The predicted octanol–water partition coefficient (Wildman–Crippen LogP) is 0.283. The molecule has 0 fully saturated rings. The molecule has 1 atom stereocenters. The smallest absolute Gasteiger partial charge is 0.332 e. The maximum absolute atomic E-state index is 12.3. The van der Waals surface area contributed by atoms with Crippen molar-refractivity contribution in [3.63, 3.8) is 0 Å². The minimum atomic E-state index is -0.356. The van der Waals surface area contributed by atoms with Crippen molar-refractivity contribution in [3.8, 4) is 0 Å². The van der Waals surface area contributed by atoms with Crippen molar-refractivity contribution >= 4 is 11.2 Å². The number of aliphatic hydroxyl groups excluding tert-OH is 1. The molecule has 0 spiro atoms. The first-order valence-electron chi connectivity index (χ1n) is 6.76. The Bertz CT molecular complexity index is 724. The fourth-order valence-electron chi connectivity index (χ4n) is 2.27. The average Bonchev–Trinajstić information content (AvgIpc) is 2.77. The number of hydrogen-bond acceptors (Lipinski definition) is 4. The second-order valence-corrected chi connectivity index (χ2v) is 5.16. The molecule has 2 rings (SSSR count). The number of rotatable bonds is 5. The molecule has 7 heteroatoms. The number of nitrogens with zero attached hydrogens (tertiary/aromatic N) is 3. The van der Waals surface area contributed by atoms with Crippen LogP contribution in [0.4, 0.5) is 0 Å². The third-order valence-corrected chi connectivity index (χ3v) is 3.35. The van der Waals surface area contributed by atoms with Gasteiger partial charge in [-0.1, -0.05) is 0 Å². The Labute approximate surface area is 115 Å². The van der Waals surface area contributed by atoms with Crippen molar-refractivity contribution in [2.45, 2.75) is 45.8 Å². The van der Waals surface area contributed by atoms with E-state index in [1.54, 1.807) is 20.9 Å². The monoisotopic (exact) mass is 280 g/mol. The summed E-state index contributed by atoms with van der Waals surface area (Å²) in [5, 5.41) is 9.20. The highest BCUT2D eigenvalue weighted by Crippen LogP contribution is 2.04. The number of imidazole rings is 1. The van der Waals surface area contributed by atoms with E-state index in [-0.39, 0.29) is 17.4 Å². The third kappa shape index (κ3) is 2.67. The summed E-state index contributed by atoms with van der Waals surface area (Å²) in [5.74, 6) is 0.610. The number of aromatic nitrogens is 4. The van der Waals surface area contributed by atoms with Crippen LogP contribution < -0.4 is 11.2 Å². The molecular formula is C13H20N4O3. The van der Waals surface area contributed by atoms with Crippen LogP contribution in [0.5, 0.6) is 0 Å². The summed E-state index contributed by atoms with van der Waals surface area (Å²) in [7, 11) is 1.61. The molecule has 110 valence electrons. The predicted molar refractivity (Wildman–Crippen MR) is 75.9 cm³/mol. The van der Waals surface area contributed by atoms with E-state index in [9.17, 15) is 14.7 Å². The maximum Gasteiger partial charge on any atom is 0.332 e. The van der Waals surface area contributed by atoms with Crippen molar-refractivity contribution in [1.82, 2.24) is 19.1 Å². The molecule has 0 radical (unpaired) electrons. The van der Waals surface area contributed by atoms with Crippen molar-refractivity contribution in [3.05, 3.63) is 26.7 Å². The topological polar surface area (TPSA) is 92.9 Å². The van der Waals surface area contributed by atoms with E-state index < -0.39 is 0 Å². The summed E-state index contributed by atoms with van der Waals surface area (Å²) in [6.07, 6.45) is 1.76. The summed E-state index contributed by atoms with van der Waals surface area (Å²) >= 11 is 0. The lowest BCUT2D eigenvalue weighted by molar-refractivity contribution is 0.180. The van der Waals surface area contributed by atoms with E-state index in [4.69, 9.17) is 0 Å². The van der Waals surface area contributed by atoms with E-state index in [1.165, 1.54) is 9.13 Å². The number of aromatic amines is 1. The summed E-state index contributed by atoms with van der Waals surface area (Å²) in [4.78, 5) is 31.5. The van der Waals surface area contributed by atoms with Gasteiger partial charge < -0.3 is 10.1 Å². The summed E-state index contributed by atoms with van der Waals surface area (Å²) < 4.78 is 2.61. The van der Waals surface area contributed by atoms with Crippen LogP contribution in [0.1, 0.15) is 32.0 Å². The zero-order chi connectivity index (χ0) is 14.9. The van der Waals surface area contributed by atoms with Crippen LogP contribution in [0.2, 0.25) is 0 Å². The molecule has 0 aromatic carbocycles. The van der Waals surface area contributed by atoms with Gasteiger partial charge in [0, 0.05) is 13.6 Å². The van der Waals surface area contributed by atoms with Gasteiger partial charge in [0.2, 0.25) is 0 Å². The summed E-state index contributed by atoms with van der Waals surface area (Å²) in [6, 6.07) is 0. The number of hydrogen-bond donors (Lipinski definition) is 2. The molecule has 2 N–H and O–H groups in total. The van der Waals surface area contributed by atoms with Gasteiger partial charge in [-0.25, -0.2) is 9.78 Å². The Morgan fingerprint density at radius 1 is 1.35 bits per heavy atom. The lowest BCUT2D eigenvalue weighted by atomic mass is 10.2. The van der Waals surface area contributed by atoms with Crippen LogP contribution in [-0.2, 0) is 13.6 Å². The van der Waals surface area contributed by atoms with Crippen molar-refractivity contribution < 1.29 is 5.11 Å². The van der Waals surface area contributed by atoms with Gasteiger partial charge in [-0.2, -0.15) is 0 Å². The van der Waals surface area contributed by atoms with Gasteiger partial charge in [0.05, 0.1) is 6.10 Å². The van der Waals surface area contributed by atoms with Gasteiger partial charge >= 0.3 is 5.69 Å². The third-order valence-electron chi connectivity index (χ3n) is 3.35. The number of aryl methyl sites for hydroxylation is 2. The first-order chi connectivity index (χ1) is 9.41. The minimum Gasteiger partial charge on any atom is -0.393 e. The number of fused-ring (bicyclic) bond motifs is 1. The number of nitrogens with one attached hydrogen (secondary N) is 1. The fraction of sp³-hybridized carbons (Fsp3) is 0.615. The Morgan fingerprint density at radius 3 is 2.70 bits per heavy atom. The minimum absolute atomic E-state index is 0.333. The SMILES string of the molecule is Cc1nc2c([nH]1)c(=O)n(CCCC[C@H](C)O)c(=O)n2C. The molecule has 0 aliphatic heterocycles. The normalized spacial score (nSPS) is 13.0. The van der Waals surface area contributed by atoms with E-state index in [0.29, 0.717) is 36.4 Å². The number of H-pyrrole nitrogens is 1. The molecular weight excluding hydrogens is 260 g/mol.